The number of benzene rings is 3. The monoisotopic (exact) mass is 459 g/mol. The van der Waals surface area contributed by atoms with Gasteiger partial charge in [-0.3, -0.25) is 4.99 Å². The van der Waals surface area contributed by atoms with Gasteiger partial charge >= 0.3 is 5.97 Å². The Morgan fingerprint density at radius 1 is 1.00 bits per heavy atom. The lowest BCUT2D eigenvalue weighted by Crippen LogP contribution is -2.05. The molecule has 4 rings (SSSR count). The van der Waals surface area contributed by atoms with Gasteiger partial charge in [-0.05, 0) is 61.5 Å². The summed E-state index contributed by atoms with van der Waals surface area (Å²) in [5, 5.41) is 0.564. The van der Waals surface area contributed by atoms with Crippen LogP contribution in [0.15, 0.2) is 94.3 Å². The lowest BCUT2D eigenvalue weighted by atomic mass is 10.1. The molecule has 0 fully saturated rings. The highest BCUT2D eigenvalue weighted by atomic mass is 35.5. The van der Waals surface area contributed by atoms with Crippen LogP contribution in [0.2, 0.25) is 5.02 Å². The number of rotatable bonds is 8. The Bertz CT molecular complexity index is 1260. The van der Waals surface area contributed by atoms with Gasteiger partial charge < -0.3 is 13.9 Å². The summed E-state index contributed by atoms with van der Waals surface area (Å²) in [6.45, 7) is 2.67. The molecule has 0 amide bonds. The summed E-state index contributed by atoms with van der Waals surface area (Å²) >= 11 is 6.13. The number of nitrogens with zero attached hydrogens (tertiary/aromatic N) is 1. The van der Waals surface area contributed by atoms with Crippen molar-refractivity contribution in [2.24, 2.45) is 4.99 Å². The lowest BCUT2D eigenvalue weighted by Gasteiger charge is -2.07. The van der Waals surface area contributed by atoms with Crippen LogP contribution >= 0.6 is 11.6 Å². The molecule has 166 valence electrons. The van der Waals surface area contributed by atoms with E-state index >= 15 is 0 Å². The van der Waals surface area contributed by atoms with E-state index in [9.17, 15) is 4.79 Å². The molecule has 0 aliphatic carbocycles. The first-order chi connectivity index (χ1) is 16.1. The fourth-order valence-corrected chi connectivity index (χ4v) is 3.34. The quantitative estimate of drug-likeness (QED) is 0.208. The molecular formula is C27H22ClNO4. The smallest absolute Gasteiger partial charge is 0.338 e. The van der Waals surface area contributed by atoms with Crippen molar-refractivity contribution in [3.05, 3.63) is 107 Å². The Morgan fingerprint density at radius 2 is 1.82 bits per heavy atom. The molecule has 33 heavy (non-hydrogen) atoms. The van der Waals surface area contributed by atoms with Gasteiger partial charge in [0, 0.05) is 16.1 Å². The number of carbonyl (C=O) groups is 1. The topological polar surface area (TPSA) is 61.0 Å². The van der Waals surface area contributed by atoms with E-state index in [1.165, 1.54) is 0 Å². The van der Waals surface area contributed by atoms with E-state index in [0.29, 0.717) is 28.7 Å². The molecule has 0 saturated heterocycles. The first-order valence-corrected chi connectivity index (χ1v) is 10.9. The molecule has 3 aromatic carbocycles. The number of esters is 1. The highest BCUT2D eigenvalue weighted by molar-refractivity contribution is 6.31. The standard InChI is InChI=1S/C27H22ClNO4/c1-2-31-23-12-10-22(11-13-23)29-17-24-14-15-26(33-24)19-7-5-8-20(16-19)27(30)32-18-21-6-3-4-9-25(21)28/h3-17H,2,18H2,1H3. The zero-order chi connectivity index (χ0) is 23.0. The molecule has 0 N–H and O–H groups in total. The second-order valence-electron chi connectivity index (χ2n) is 7.14. The summed E-state index contributed by atoms with van der Waals surface area (Å²) in [5.41, 5.74) is 2.74. The number of aliphatic imine (C=N–C) groups is 1. The maximum atomic E-state index is 12.5. The van der Waals surface area contributed by atoms with E-state index in [1.807, 2.05) is 67.6 Å². The molecule has 0 aliphatic rings. The fourth-order valence-electron chi connectivity index (χ4n) is 3.15. The Balaban J connectivity index is 1.42. The molecule has 0 radical (unpaired) electrons. The third kappa shape index (κ3) is 5.90. The molecule has 0 aliphatic heterocycles. The highest BCUT2D eigenvalue weighted by Crippen LogP contribution is 2.24. The van der Waals surface area contributed by atoms with Crippen molar-refractivity contribution >= 4 is 29.5 Å². The molecule has 1 heterocycles. The third-order valence-corrected chi connectivity index (χ3v) is 5.18. The first-order valence-electron chi connectivity index (χ1n) is 10.5. The van der Waals surface area contributed by atoms with Crippen molar-refractivity contribution < 1.29 is 18.7 Å². The molecule has 0 saturated carbocycles. The van der Waals surface area contributed by atoms with E-state index < -0.39 is 5.97 Å². The van der Waals surface area contributed by atoms with Crippen molar-refractivity contribution in [2.45, 2.75) is 13.5 Å². The number of halogens is 1. The second kappa shape index (κ2) is 10.7. The van der Waals surface area contributed by atoms with Crippen LogP contribution in [0.5, 0.6) is 5.75 Å². The Hall–Kier alpha value is -3.83. The predicted octanol–water partition coefficient (Wildman–Crippen LogP) is 7.11. The van der Waals surface area contributed by atoms with Crippen molar-refractivity contribution in [2.75, 3.05) is 6.61 Å². The average Bonchev–Trinajstić information content (AvgIpc) is 3.32. The molecule has 5 nitrogen and oxygen atoms in total. The Morgan fingerprint density at radius 3 is 2.61 bits per heavy atom. The number of furan rings is 1. The normalized spacial score (nSPS) is 11.0. The molecular weight excluding hydrogens is 438 g/mol. The van der Waals surface area contributed by atoms with Crippen molar-refractivity contribution in [1.82, 2.24) is 0 Å². The van der Waals surface area contributed by atoms with Gasteiger partial charge in [-0.15, -0.1) is 0 Å². The maximum absolute atomic E-state index is 12.5. The van der Waals surface area contributed by atoms with E-state index in [0.717, 1.165) is 22.6 Å². The highest BCUT2D eigenvalue weighted by Gasteiger charge is 2.11. The lowest BCUT2D eigenvalue weighted by molar-refractivity contribution is 0.0473. The molecule has 0 bridgehead atoms. The van der Waals surface area contributed by atoms with Crippen LogP contribution in [0.25, 0.3) is 11.3 Å². The number of hydrogen-bond donors (Lipinski definition) is 0. The minimum Gasteiger partial charge on any atom is -0.494 e. The maximum Gasteiger partial charge on any atom is 0.338 e. The van der Waals surface area contributed by atoms with Crippen LogP contribution in [0.1, 0.15) is 28.6 Å². The molecule has 0 unspecified atom stereocenters. The number of carbonyl (C=O) groups excluding carboxylic acids is 1. The second-order valence-corrected chi connectivity index (χ2v) is 7.54. The van der Waals surface area contributed by atoms with Crippen LogP contribution in [0.3, 0.4) is 0 Å². The first kappa shape index (κ1) is 22.4. The summed E-state index contributed by atoms with van der Waals surface area (Å²) in [5.74, 6) is 1.61. The van der Waals surface area contributed by atoms with Crippen LogP contribution in [-0.4, -0.2) is 18.8 Å². The predicted molar refractivity (Wildman–Crippen MR) is 130 cm³/mol. The van der Waals surface area contributed by atoms with Crippen LogP contribution in [0.4, 0.5) is 5.69 Å². The van der Waals surface area contributed by atoms with Crippen LogP contribution in [0, 0.1) is 0 Å². The molecule has 0 spiro atoms. The zero-order valence-electron chi connectivity index (χ0n) is 18.0. The van der Waals surface area contributed by atoms with Gasteiger partial charge in [-0.25, -0.2) is 4.79 Å². The van der Waals surface area contributed by atoms with Gasteiger partial charge in [0.1, 0.15) is 23.9 Å². The summed E-state index contributed by atoms with van der Waals surface area (Å²) in [4.78, 5) is 16.9. The summed E-state index contributed by atoms with van der Waals surface area (Å²) in [6, 6.07) is 25.5. The van der Waals surface area contributed by atoms with Gasteiger partial charge in [-0.2, -0.15) is 0 Å². The summed E-state index contributed by atoms with van der Waals surface area (Å²) < 4.78 is 16.7. The van der Waals surface area contributed by atoms with Crippen molar-refractivity contribution in [3.63, 3.8) is 0 Å². The largest absolute Gasteiger partial charge is 0.494 e. The minimum atomic E-state index is -0.430. The summed E-state index contributed by atoms with van der Waals surface area (Å²) in [6.07, 6.45) is 1.65. The Kier molecular flexibility index (Phi) is 7.22. The number of ether oxygens (including phenoxy) is 2. The van der Waals surface area contributed by atoms with Gasteiger partial charge in [0.05, 0.1) is 24.1 Å². The van der Waals surface area contributed by atoms with E-state index in [-0.39, 0.29) is 6.61 Å². The van der Waals surface area contributed by atoms with Gasteiger partial charge in [0.15, 0.2) is 0 Å². The van der Waals surface area contributed by atoms with Crippen LogP contribution < -0.4 is 4.74 Å². The van der Waals surface area contributed by atoms with Gasteiger partial charge in [0.2, 0.25) is 0 Å². The minimum absolute atomic E-state index is 0.107. The molecule has 4 aromatic rings. The van der Waals surface area contributed by atoms with E-state index in [2.05, 4.69) is 4.99 Å². The van der Waals surface area contributed by atoms with Gasteiger partial charge in [0.25, 0.3) is 0 Å². The molecule has 0 atom stereocenters. The Labute approximate surface area is 197 Å². The SMILES string of the molecule is CCOc1ccc(N=Cc2ccc(-c3cccc(C(=O)OCc4ccccc4Cl)c3)o2)cc1. The van der Waals surface area contributed by atoms with E-state index in [1.54, 1.807) is 30.5 Å². The van der Waals surface area contributed by atoms with Crippen molar-refractivity contribution in [1.29, 1.82) is 0 Å². The van der Waals surface area contributed by atoms with Gasteiger partial charge in [-0.1, -0.05) is 41.9 Å². The zero-order valence-corrected chi connectivity index (χ0v) is 18.8. The average molecular weight is 460 g/mol. The summed E-state index contributed by atoms with van der Waals surface area (Å²) in [7, 11) is 0. The molecule has 6 heteroatoms. The van der Waals surface area contributed by atoms with Crippen molar-refractivity contribution in [3.8, 4) is 17.1 Å². The van der Waals surface area contributed by atoms with E-state index in [4.69, 9.17) is 25.5 Å². The number of hydrogen-bond acceptors (Lipinski definition) is 5. The molecule has 1 aromatic heterocycles. The fraction of sp³-hybridized carbons (Fsp3) is 0.111. The van der Waals surface area contributed by atoms with Crippen LogP contribution in [-0.2, 0) is 11.3 Å². The third-order valence-electron chi connectivity index (χ3n) is 4.81.